The van der Waals surface area contributed by atoms with E-state index in [1.807, 2.05) is 54.6 Å². The van der Waals surface area contributed by atoms with Crippen molar-refractivity contribution >= 4 is 0 Å². The SMILES string of the molecule is [N-]=[N+]=NCc1cccc(Oc2ccccc2)c1. The largest absolute Gasteiger partial charge is 0.457 e. The lowest BCUT2D eigenvalue weighted by Gasteiger charge is -2.06. The number of azide groups is 1. The summed E-state index contributed by atoms with van der Waals surface area (Å²) in [5.74, 6) is 1.52. The predicted molar refractivity (Wildman–Crippen MR) is 65.8 cm³/mol. The summed E-state index contributed by atoms with van der Waals surface area (Å²) in [4.78, 5) is 2.73. The molecule has 2 rings (SSSR count). The number of nitrogens with zero attached hydrogens (tertiary/aromatic N) is 3. The van der Waals surface area contributed by atoms with Crippen molar-refractivity contribution in [2.24, 2.45) is 5.11 Å². The Morgan fingerprint density at radius 1 is 1.00 bits per heavy atom. The molecule has 0 aliphatic carbocycles. The molecule has 4 nitrogen and oxygen atoms in total. The second-order valence-electron chi connectivity index (χ2n) is 3.45. The lowest BCUT2D eigenvalue weighted by molar-refractivity contribution is 0.482. The van der Waals surface area contributed by atoms with Crippen molar-refractivity contribution in [3.8, 4) is 11.5 Å². The van der Waals surface area contributed by atoms with E-state index in [9.17, 15) is 0 Å². The van der Waals surface area contributed by atoms with Crippen LogP contribution in [-0.4, -0.2) is 0 Å². The van der Waals surface area contributed by atoms with E-state index in [0.29, 0.717) is 6.54 Å². The van der Waals surface area contributed by atoms with Gasteiger partial charge in [0.2, 0.25) is 0 Å². The first-order valence-electron chi connectivity index (χ1n) is 5.21. The monoisotopic (exact) mass is 225 g/mol. The van der Waals surface area contributed by atoms with Gasteiger partial charge in [-0.25, -0.2) is 0 Å². The molecule has 0 aromatic heterocycles. The van der Waals surface area contributed by atoms with Crippen molar-refractivity contribution in [1.29, 1.82) is 0 Å². The fourth-order valence-electron chi connectivity index (χ4n) is 1.45. The van der Waals surface area contributed by atoms with E-state index in [1.54, 1.807) is 0 Å². The summed E-state index contributed by atoms with van der Waals surface area (Å²) in [5, 5.41) is 3.52. The van der Waals surface area contributed by atoms with E-state index < -0.39 is 0 Å². The Hall–Kier alpha value is -2.45. The normalized spacial score (nSPS) is 9.41. The number of rotatable bonds is 4. The van der Waals surface area contributed by atoms with Crippen LogP contribution in [0.1, 0.15) is 5.56 Å². The Bertz CT molecular complexity index is 533. The first-order valence-corrected chi connectivity index (χ1v) is 5.21. The lowest BCUT2D eigenvalue weighted by atomic mass is 10.2. The van der Waals surface area contributed by atoms with E-state index in [4.69, 9.17) is 10.3 Å². The van der Waals surface area contributed by atoms with Crippen LogP contribution in [0.25, 0.3) is 10.4 Å². The fourth-order valence-corrected chi connectivity index (χ4v) is 1.45. The maximum Gasteiger partial charge on any atom is 0.127 e. The number of para-hydroxylation sites is 1. The third kappa shape index (κ3) is 3.26. The molecule has 0 atom stereocenters. The van der Waals surface area contributed by atoms with Gasteiger partial charge in [0.25, 0.3) is 0 Å². The summed E-state index contributed by atoms with van der Waals surface area (Å²) in [6.45, 7) is 0.336. The van der Waals surface area contributed by atoms with E-state index in [-0.39, 0.29) is 0 Å². The molecule has 17 heavy (non-hydrogen) atoms. The zero-order valence-electron chi connectivity index (χ0n) is 9.15. The number of hydrogen-bond donors (Lipinski definition) is 0. The third-order valence-electron chi connectivity index (χ3n) is 2.19. The topological polar surface area (TPSA) is 58.0 Å². The van der Waals surface area contributed by atoms with Crippen LogP contribution < -0.4 is 4.74 Å². The summed E-state index contributed by atoms with van der Waals surface area (Å²) in [6, 6.07) is 17.0. The van der Waals surface area contributed by atoms with Crippen LogP contribution in [0.15, 0.2) is 59.7 Å². The molecule has 0 bridgehead atoms. The Morgan fingerprint density at radius 3 is 2.53 bits per heavy atom. The summed E-state index contributed by atoms with van der Waals surface area (Å²) in [7, 11) is 0. The van der Waals surface area contributed by atoms with Crippen molar-refractivity contribution in [2.45, 2.75) is 6.54 Å². The molecule has 2 aromatic rings. The Labute approximate surface area is 99.1 Å². The highest BCUT2D eigenvalue weighted by Gasteiger charge is 1.97. The molecule has 0 N–H and O–H groups in total. The van der Waals surface area contributed by atoms with E-state index >= 15 is 0 Å². The Kier molecular flexibility index (Phi) is 3.63. The van der Waals surface area contributed by atoms with E-state index in [1.165, 1.54) is 0 Å². The molecule has 0 amide bonds. The molecule has 0 unspecified atom stereocenters. The van der Waals surface area contributed by atoms with E-state index in [0.717, 1.165) is 17.1 Å². The van der Waals surface area contributed by atoms with Gasteiger partial charge in [-0.3, -0.25) is 0 Å². The summed E-state index contributed by atoms with van der Waals surface area (Å²) >= 11 is 0. The van der Waals surface area contributed by atoms with Gasteiger partial charge >= 0.3 is 0 Å². The van der Waals surface area contributed by atoms with Gasteiger partial charge in [0, 0.05) is 4.91 Å². The fraction of sp³-hybridized carbons (Fsp3) is 0.0769. The molecule has 0 radical (unpaired) electrons. The van der Waals surface area contributed by atoms with Crippen LogP contribution in [0.3, 0.4) is 0 Å². The van der Waals surface area contributed by atoms with Crippen LogP contribution in [0.5, 0.6) is 11.5 Å². The first kappa shape index (κ1) is 11.0. The minimum absolute atomic E-state index is 0.336. The molecule has 0 aliphatic rings. The van der Waals surface area contributed by atoms with Crippen molar-refractivity contribution in [3.05, 3.63) is 70.6 Å². The maximum atomic E-state index is 8.26. The third-order valence-corrected chi connectivity index (χ3v) is 2.19. The Balaban J connectivity index is 2.14. The maximum absolute atomic E-state index is 8.26. The molecule has 0 saturated carbocycles. The van der Waals surface area contributed by atoms with Crippen LogP contribution >= 0.6 is 0 Å². The predicted octanol–water partition coefficient (Wildman–Crippen LogP) is 4.29. The van der Waals surface area contributed by atoms with Crippen LogP contribution in [-0.2, 0) is 6.54 Å². The van der Waals surface area contributed by atoms with Gasteiger partial charge in [-0.05, 0) is 35.4 Å². The number of hydrogen-bond acceptors (Lipinski definition) is 2. The van der Waals surface area contributed by atoms with E-state index in [2.05, 4.69) is 10.0 Å². The lowest BCUT2D eigenvalue weighted by Crippen LogP contribution is -1.86. The molecule has 0 heterocycles. The highest BCUT2D eigenvalue weighted by Crippen LogP contribution is 2.21. The summed E-state index contributed by atoms with van der Waals surface area (Å²) < 4.78 is 5.66. The van der Waals surface area contributed by atoms with Crippen LogP contribution in [0, 0.1) is 0 Å². The molecule has 4 heteroatoms. The van der Waals surface area contributed by atoms with Gasteiger partial charge in [0.15, 0.2) is 0 Å². The van der Waals surface area contributed by atoms with Gasteiger partial charge in [-0.15, -0.1) is 0 Å². The minimum Gasteiger partial charge on any atom is -0.457 e. The molecule has 0 spiro atoms. The second kappa shape index (κ2) is 5.58. The standard InChI is InChI=1S/C13H11N3O/c14-16-15-10-11-5-4-8-13(9-11)17-12-6-2-1-3-7-12/h1-9H,10H2. The molecule has 0 saturated heterocycles. The zero-order valence-corrected chi connectivity index (χ0v) is 9.15. The number of benzene rings is 2. The van der Waals surface area contributed by atoms with Crippen LogP contribution in [0.4, 0.5) is 0 Å². The second-order valence-corrected chi connectivity index (χ2v) is 3.45. The average molecular weight is 225 g/mol. The highest BCUT2D eigenvalue weighted by atomic mass is 16.5. The summed E-state index contributed by atoms with van der Waals surface area (Å²) in [6.07, 6.45) is 0. The van der Waals surface area contributed by atoms with Gasteiger partial charge < -0.3 is 4.74 Å². The van der Waals surface area contributed by atoms with Crippen molar-refractivity contribution in [3.63, 3.8) is 0 Å². The van der Waals surface area contributed by atoms with Crippen molar-refractivity contribution < 1.29 is 4.74 Å². The summed E-state index contributed by atoms with van der Waals surface area (Å²) in [5.41, 5.74) is 9.19. The van der Waals surface area contributed by atoms with Gasteiger partial charge in [-0.2, -0.15) is 0 Å². The molecule has 0 fully saturated rings. The minimum atomic E-state index is 0.336. The van der Waals surface area contributed by atoms with Crippen molar-refractivity contribution in [1.82, 2.24) is 0 Å². The van der Waals surface area contributed by atoms with Gasteiger partial charge in [-0.1, -0.05) is 35.4 Å². The zero-order chi connectivity index (χ0) is 11.9. The van der Waals surface area contributed by atoms with Gasteiger partial charge in [0.1, 0.15) is 11.5 Å². The number of ether oxygens (including phenoxy) is 1. The average Bonchev–Trinajstić information content (AvgIpc) is 2.38. The van der Waals surface area contributed by atoms with Gasteiger partial charge in [0.05, 0.1) is 6.54 Å². The molecule has 0 aliphatic heterocycles. The smallest absolute Gasteiger partial charge is 0.127 e. The Morgan fingerprint density at radius 2 is 1.76 bits per heavy atom. The molecular weight excluding hydrogens is 214 g/mol. The quantitative estimate of drug-likeness (QED) is 0.435. The van der Waals surface area contributed by atoms with Crippen LogP contribution in [0.2, 0.25) is 0 Å². The molecule has 2 aromatic carbocycles. The first-order chi connectivity index (χ1) is 8.38. The van der Waals surface area contributed by atoms with Crippen molar-refractivity contribution in [2.75, 3.05) is 0 Å². The molecule has 84 valence electrons. The highest BCUT2D eigenvalue weighted by molar-refractivity contribution is 5.33. The molecular formula is C13H11N3O.